The molecule has 222 valence electrons. The van der Waals surface area contributed by atoms with Gasteiger partial charge >= 0.3 is 11.9 Å². The van der Waals surface area contributed by atoms with E-state index in [9.17, 15) is 19.8 Å². The SMILES string of the molecule is CCC1=C2C=C3NC4=C([C-](O)[C@H](C(=O)OC)C4=C4[N-]C(=Cc5[nH+][c-](cc5C)C=C(N2)[C-]1C)[C@@H](C)[C@@H]4CCC(=O)O)C3C. The highest BCUT2D eigenvalue weighted by molar-refractivity contribution is 5.86. The molecule has 6 rings (SSSR count). The molecular formula is C33H37N4O5-3. The lowest BCUT2D eigenvalue weighted by Crippen LogP contribution is -2.28. The Morgan fingerprint density at radius 2 is 1.98 bits per heavy atom. The van der Waals surface area contributed by atoms with Gasteiger partial charge in [0.15, 0.2) is 0 Å². The molecule has 1 fully saturated rings. The number of aromatic amines is 1. The van der Waals surface area contributed by atoms with E-state index in [0.29, 0.717) is 29.0 Å². The van der Waals surface area contributed by atoms with Crippen molar-refractivity contribution in [2.75, 3.05) is 7.11 Å². The number of methoxy groups -OCH3 is 1. The molecule has 5 N–H and O–H groups in total. The van der Waals surface area contributed by atoms with Gasteiger partial charge in [0.2, 0.25) is 0 Å². The van der Waals surface area contributed by atoms with E-state index in [1.165, 1.54) is 18.6 Å². The molecule has 5 aliphatic rings. The molecule has 1 aromatic rings. The lowest BCUT2D eigenvalue weighted by Gasteiger charge is -2.35. The molecule has 1 saturated heterocycles. The molecule has 1 aromatic heterocycles. The lowest BCUT2D eigenvalue weighted by atomic mass is 9.84. The Bertz CT molecular complexity index is 1570. The molecule has 0 saturated carbocycles. The van der Waals surface area contributed by atoms with Gasteiger partial charge in [-0.15, -0.1) is 22.5 Å². The second-order valence-electron chi connectivity index (χ2n) is 11.8. The lowest BCUT2D eigenvalue weighted by molar-refractivity contribution is -0.379. The summed E-state index contributed by atoms with van der Waals surface area (Å²) in [5.74, 6) is -1.92. The van der Waals surface area contributed by atoms with Crippen molar-refractivity contribution in [3.05, 3.63) is 97.3 Å². The molecule has 9 nitrogen and oxygen atoms in total. The molecular weight excluding hydrogens is 532 g/mol. The average Bonchev–Trinajstić information content (AvgIpc) is 3.69. The monoisotopic (exact) mass is 569 g/mol. The van der Waals surface area contributed by atoms with Crippen LogP contribution in [-0.2, 0) is 14.3 Å². The number of nitrogens with zero attached hydrogens (tertiary/aromatic N) is 1. The number of aliphatic hydroxyl groups excluding tert-OH is 1. The minimum Gasteiger partial charge on any atom is -0.666 e. The van der Waals surface area contributed by atoms with Crippen molar-refractivity contribution in [3.8, 4) is 0 Å². The van der Waals surface area contributed by atoms with Crippen LogP contribution in [0.4, 0.5) is 0 Å². The number of carbonyl (C=O) groups excluding carboxylic acids is 1. The summed E-state index contributed by atoms with van der Waals surface area (Å²) in [6.07, 6.45) is 7.34. The van der Waals surface area contributed by atoms with Gasteiger partial charge in [0, 0.05) is 12.3 Å². The smallest absolute Gasteiger partial charge is 0.303 e. The summed E-state index contributed by atoms with van der Waals surface area (Å²) >= 11 is 0. The third kappa shape index (κ3) is 4.26. The molecule has 0 amide bonds. The van der Waals surface area contributed by atoms with Crippen molar-refractivity contribution in [3.63, 3.8) is 0 Å². The van der Waals surface area contributed by atoms with E-state index < -0.39 is 17.9 Å². The molecule has 8 bridgehead atoms. The number of hydrogen-bond acceptors (Lipinski definition) is 6. The highest BCUT2D eigenvalue weighted by atomic mass is 16.5. The molecule has 5 heterocycles. The number of aliphatic hydroxyl groups is 1. The highest BCUT2D eigenvalue weighted by Crippen LogP contribution is 2.56. The van der Waals surface area contributed by atoms with Gasteiger partial charge in [-0.25, -0.2) is 0 Å². The average molecular weight is 570 g/mol. The predicted molar refractivity (Wildman–Crippen MR) is 157 cm³/mol. The van der Waals surface area contributed by atoms with Crippen LogP contribution < -0.4 is 15.6 Å². The van der Waals surface area contributed by atoms with Crippen LogP contribution in [0, 0.1) is 42.6 Å². The fourth-order valence-electron chi connectivity index (χ4n) is 7.02. The van der Waals surface area contributed by atoms with Crippen LogP contribution in [0.15, 0.2) is 63.0 Å². The first-order chi connectivity index (χ1) is 20.0. The summed E-state index contributed by atoms with van der Waals surface area (Å²) in [4.78, 5) is 28.4. The van der Waals surface area contributed by atoms with Crippen molar-refractivity contribution in [1.29, 1.82) is 0 Å². The van der Waals surface area contributed by atoms with E-state index in [0.717, 1.165) is 46.2 Å². The Balaban J connectivity index is 1.60. The molecule has 4 atom stereocenters. The van der Waals surface area contributed by atoms with Crippen LogP contribution in [0.25, 0.3) is 17.5 Å². The number of fused-ring (bicyclic) bond motifs is 7. The summed E-state index contributed by atoms with van der Waals surface area (Å²) in [7, 11) is 1.31. The fraction of sp³-hybridized carbons (Fsp3) is 0.394. The van der Waals surface area contributed by atoms with Crippen molar-refractivity contribution in [2.24, 2.45) is 23.7 Å². The Labute approximate surface area is 246 Å². The summed E-state index contributed by atoms with van der Waals surface area (Å²) in [5.41, 5.74) is 10.4. The quantitative estimate of drug-likeness (QED) is 0.292. The maximum Gasteiger partial charge on any atom is 0.303 e. The minimum absolute atomic E-state index is 0.0389. The summed E-state index contributed by atoms with van der Waals surface area (Å²) in [6.45, 7) is 10.4. The standard InChI is InChI=1S/C33H37N4O5/c1-7-19-15(3)22-11-18-10-14(2)21(34-18)12-23-16(4)20(8-9-26(38)39)30(36-23)28-29(33(41)42-6)32(40)27-17(5)24(37-31(27)28)13-25(19)35-22/h10-13,16-17,20,29,34-35,37,40H,7-9H2,1-6H3,(H,38,39)/q-3/t16-,17?,20-,29+/m0/s1. The largest absolute Gasteiger partial charge is 0.666 e. The fourth-order valence-corrected chi connectivity index (χ4v) is 7.02. The molecule has 0 radical (unpaired) electrons. The first-order valence-electron chi connectivity index (χ1n) is 14.6. The van der Waals surface area contributed by atoms with Gasteiger partial charge in [-0.1, -0.05) is 76.6 Å². The van der Waals surface area contributed by atoms with E-state index in [-0.39, 0.29) is 30.3 Å². The van der Waals surface area contributed by atoms with Gasteiger partial charge in [-0.3, -0.25) is 9.59 Å². The predicted octanol–water partition coefficient (Wildman–Crippen LogP) is 4.93. The Morgan fingerprint density at radius 1 is 1.21 bits per heavy atom. The third-order valence-corrected chi connectivity index (χ3v) is 9.37. The van der Waals surface area contributed by atoms with Gasteiger partial charge in [0.1, 0.15) is 0 Å². The number of carbonyl (C=O) groups is 2. The minimum atomic E-state index is -1.04. The highest BCUT2D eigenvalue weighted by Gasteiger charge is 2.41. The van der Waals surface area contributed by atoms with Crippen LogP contribution in [0.2, 0.25) is 0 Å². The zero-order valence-electron chi connectivity index (χ0n) is 24.8. The van der Waals surface area contributed by atoms with Crippen molar-refractivity contribution in [1.82, 2.24) is 10.6 Å². The second kappa shape index (κ2) is 10.2. The number of nitrogens with one attached hydrogen (secondary N) is 3. The van der Waals surface area contributed by atoms with Crippen molar-refractivity contribution in [2.45, 2.75) is 53.9 Å². The van der Waals surface area contributed by atoms with E-state index in [1.54, 1.807) is 0 Å². The van der Waals surface area contributed by atoms with Crippen molar-refractivity contribution >= 4 is 24.1 Å². The second-order valence-corrected chi connectivity index (χ2v) is 11.8. The number of hydrogen-bond donors (Lipinski definition) is 4. The summed E-state index contributed by atoms with van der Waals surface area (Å²) in [6, 6.07) is 2.11. The topological polar surface area (TPSA) is 136 Å². The van der Waals surface area contributed by atoms with Gasteiger partial charge in [0.05, 0.1) is 18.5 Å². The Hall–Kier alpha value is -4.24. The van der Waals surface area contributed by atoms with Crippen LogP contribution >= 0.6 is 0 Å². The van der Waals surface area contributed by atoms with Crippen molar-refractivity contribution < 1.29 is 29.5 Å². The Morgan fingerprint density at radius 3 is 2.67 bits per heavy atom. The molecule has 1 unspecified atom stereocenters. The number of aliphatic carboxylic acids is 1. The van der Waals surface area contributed by atoms with Crippen LogP contribution in [-0.4, -0.2) is 29.3 Å². The Kier molecular flexibility index (Phi) is 6.80. The first-order valence-corrected chi connectivity index (χ1v) is 14.6. The van der Waals surface area contributed by atoms with Gasteiger partial charge in [-0.05, 0) is 29.9 Å². The number of H-pyrrole nitrogens is 1. The van der Waals surface area contributed by atoms with Crippen LogP contribution in [0.3, 0.4) is 0 Å². The zero-order chi connectivity index (χ0) is 30.0. The van der Waals surface area contributed by atoms with E-state index in [4.69, 9.17) is 10.1 Å². The number of carboxylic acids is 1. The number of aromatic nitrogens is 1. The number of rotatable bonds is 5. The van der Waals surface area contributed by atoms with E-state index in [2.05, 4.69) is 47.7 Å². The maximum atomic E-state index is 13.2. The molecule has 0 aromatic carbocycles. The van der Waals surface area contributed by atoms with Gasteiger partial charge < -0.3 is 35.9 Å². The molecule has 1 aliphatic carbocycles. The third-order valence-electron chi connectivity index (χ3n) is 9.37. The van der Waals surface area contributed by atoms with Gasteiger partial charge in [0.25, 0.3) is 0 Å². The number of ether oxygens (including phenoxy) is 1. The van der Waals surface area contributed by atoms with Crippen LogP contribution in [0.1, 0.15) is 63.9 Å². The number of carboxylic acid groups (broad SMARTS) is 1. The number of aryl methyl sites for hydroxylation is 1. The number of allylic oxidation sites excluding steroid dienone is 6. The maximum absolute atomic E-state index is 13.2. The summed E-state index contributed by atoms with van der Waals surface area (Å²) in [5, 5.41) is 33.4. The van der Waals surface area contributed by atoms with E-state index in [1.807, 2.05) is 26.8 Å². The zero-order valence-corrected chi connectivity index (χ0v) is 24.8. The molecule has 4 aliphatic heterocycles. The van der Waals surface area contributed by atoms with Crippen LogP contribution in [0.5, 0.6) is 0 Å². The molecule has 0 spiro atoms. The normalized spacial score (nSPS) is 26.2. The van der Waals surface area contributed by atoms with E-state index >= 15 is 0 Å². The first kappa shape index (κ1) is 27.9. The molecule has 42 heavy (non-hydrogen) atoms. The summed E-state index contributed by atoms with van der Waals surface area (Å²) < 4.78 is 5.17. The molecule has 9 heteroatoms. The van der Waals surface area contributed by atoms with Gasteiger partial charge in [-0.2, -0.15) is 29.0 Å². The number of esters is 1.